The molecule has 0 fully saturated rings. The topological polar surface area (TPSA) is 62.1 Å². The number of hydrogen-bond acceptors (Lipinski definition) is 5. The van der Waals surface area contributed by atoms with Crippen LogP contribution >= 0.6 is 11.6 Å². The highest BCUT2D eigenvalue weighted by atomic mass is 35.5. The summed E-state index contributed by atoms with van der Waals surface area (Å²) in [7, 11) is 3.27. The van der Waals surface area contributed by atoms with E-state index in [1.165, 1.54) is 6.33 Å². The number of imidazole rings is 1. The van der Waals surface area contributed by atoms with Crippen molar-refractivity contribution >= 4 is 22.8 Å². The quantitative estimate of drug-likeness (QED) is 0.571. The van der Waals surface area contributed by atoms with E-state index in [-0.39, 0.29) is 0 Å². The summed E-state index contributed by atoms with van der Waals surface area (Å²) < 4.78 is 12.4. The molecule has 0 spiro atoms. The van der Waals surface area contributed by atoms with Gasteiger partial charge < -0.3 is 14.0 Å². The summed E-state index contributed by atoms with van der Waals surface area (Å²) in [4.78, 5) is 12.9. The molecule has 104 valence electrons. The number of aryl methyl sites for hydroxylation is 2. The van der Waals surface area contributed by atoms with Crippen molar-refractivity contribution in [1.82, 2.24) is 19.5 Å². The zero-order valence-corrected chi connectivity index (χ0v) is 11.9. The zero-order chi connectivity index (χ0) is 13.7. The number of rotatable bonds is 7. The Kier molecular flexibility index (Phi) is 4.93. The predicted molar refractivity (Wildman–Crippen MR) is 72.8 cm³/mol. The van der Waals surface area contributed by atoms with E-state index in [0.717, 1.165) is 24.4 Å². The third kappa shape index (κ3) is 2.96. The molecular weight excluding hydrogens is 268 g/mol. The van der Waals surface area contributed by atoms with Crippen molar-refractivity contribution in [3.8, 4) is 5.88 Å². The van der Waals surface area contributed by atoms with Gasteiger partial charge in [-0.05, 0) is 6.42 Å². The van der Waals surface area contributed by atoms with Gasteiger partial charge in [0.05, 0.1) is 7.11 Å². The van der Waals surface area contributed by atoms with E-state index in [1.54, 1.807) is 14.2 Å². The molecule has 0 aliphatic rings. The Labute approximate surface area is 116 Å². The van der Waals surface area contributed by atoms with Crippen molar-refractivity contribution in [3.63, 3.8) is 0 Å². The maximum absolute atomic E-state index is 5.83. The highest BCUT2D eigenvalue weighted by Crippen LogP contribution is 2.22. The predicted octanol–water partition coefficient (Wildman–Crippen LogP) is 1.65. The molecule has 0 aliphatic heterocycles. The molecule has 2 aromatic rings. The van der Waals surface area contributed by atoms with Gasteiger partial charge in [0.2, 0.25) is 5.88 Å². The molecule has 0 unspecified atom stereocenters. The fraction of sp³-hybridized carbons (Fsp3) is 0.583. The van der Waals surface area contributed by atoms with Gasteiger partial charge in [0.15, 0.2) is 11.2 Å². The second kappa shape index (κ2) is 6.68. The molecule has 0 aliphatic carbocycles. The third-order valence-corrected chi connectivity index (χ3v) is 3.01. The van der Waals surface area contributed by atoms with Crippen LogP contribution in [0, 0.1) is 0 Å². The number of alkyl halides is 1. The monoisotopic (exact) mass is 284 g/mol. The van der Waals surface area contributed by atoms with E-state index in [1.807, 2.05) is 0 Å². The summed E-state index contributed by atoms with van der Waals surface area (Å²) >= 11 is 5.83. The molecule has 0 radical (unpaired) electrons. The molecule has 19 heavy (non-hydrogen) atoms. The van der Waals surface area contributed by atoms with Crippen LogP contribution in [-0.2, 0) is 17.7 Å². The first-order valence-electron chi connectivity index (χ1n) is 6.10. The molecule has 0 saturated carbocycles. The van der Waals surface area contributed by atoms with E-state index >= 15 is 0 Å². The lowest BCUT2D eigenvalue weighted by molar-refractivity contribution is 0.190. The molecular formula is C12H17ClN4O2. The molecule has 0 amide bonds. The number of fused-ring (bicyclic) bond motifs is 1. The van der Waals surface area contributed by atoms with Crippen LogP contribution < -0.4 is 4.74 Å². The van der Waals surface area contributed by atoms with Crippen molar-refractivity contribution in [2.24, 2.45) is 0 Å². The maximum Gasteiger partial charge on any atom is 0.245 e. The number of methoxy groups -OCH3 is 2. The van der Waals surface area contributed by atoms with Gasteiger partial charge in [0.1, 0.15) is 12.2 Å². The van der Waals surface area contributed by atoms with Gasteiger partial charge in [-0.3, -0.25) is 0 Å². The van der Waals surface area contributed by atoms with Crippen LogP contribution in [0.25, 0.3) is 11.2 Å². The fourth-order valence-corrected chi connectivity index (χ4v) is 2.16. The first-order chi connectivity index (χ1) is 9.31. The highest BCUT2D eigenvalue weighted by molar-refractivity contribution is 6.17. The lowest BCUT2D eigenvalue weighted by Crippen LogP contribution is -2.07. The first kappa shape index (κ1) is 14.0. The fourth-order valence-electron chi connectivity index (χ4n) is 1.99. The summed E-state index contributed by atoms with van der Waals surface area (Å²) in [5.41, 5.74) is 1.46. The first-order valence-corrected chi connectivity index (χ1v) is 6.64. The summed E-state index contributed by atoms with van der Waals surface area (Å²) in [5, 5.41) is 0. The summed E-state index contributed by atoms with van der Waals surface area (Å²) in [6.45, 7) is 1.49. The van der Waals surface area contributed by atoms with Gasteiger partial charge in [0.25, 0.3) is 0 Å². The van der Waals surface area contributed by atoms with Crippen molar-refractivity contribution in [3.05, 3.63) is 12.2 Å². The number of hydrogen-bond donors (Lipinski definition) is 0. The Balaban J connectivity index is 2.41. The Bertz CT molecular complexity index is 544. The van der Waals surface area contributed by atoms with Crippen LogP contribution in [0.2, 0.25) is 0 Å². The smallest absolute Gasteiger partial charge is 0.245 e. The molecule has 0 saturated heterocycles. The minimum Gasteiger partial charge on any atom is -0.479 e. The molecule has 2 aromatic heterocycles. The second-order valence-corrected chi connectivity index (χ2v) is 4.40. The minimum atomic E-state index is 0.492. The van der Waals surface area contributed by atoms with E-state index in [4.69, 9.17) is 21.1 Å². The average molecular weight is 285 g/mol. The van der Waals surface area contributed by atoms with Gasteiger partial charge in [-0.2, -0.15) is 4.98 Å². The number of nitrogens with zero attached hydrogens (tertiary/aromatic N) is 4. The Hall–Kier alpha value is -1.40. The normalized spacial score (nSPS) is 11.1. The van der Waals surface area contributed by atoms with Crippen molar-refractivity contribution in [2.75, 3.05) is 26.7 Å². The standard InChI is InChI=1S/C12H17ClN4O2/c1-18-7-3-6-17-9(4-5-13)16-10-11(17)14-8-15-12(10)19-2/h8H,3-7H2,1-2H3. The lowest BCUT2D eigenvalue weighted by atomic mass is 10.4. The molecule has 0 bridgehead atoms. The van der Waals surface area contributed by atoms with E-state index in [0.29, 0.717) is 30.3 Å². The summed E-state index contributed by atoms with van der Waals surface area (Å²) in [6.07, 6.45) is 3.07. The van der Waals surface area contributed by atoms with E-state index in [9.17, 15) is 0 Å². The van der Waals surface area contributed by atoms with Crippen LogP contribution in [0.5, 0.6) is 5.88 Å². The van der Waals surface area contributed by atoms with Crippen molar-refractivity contribution < 1.29 is 9.47 Å². The Morgan fingerprint density at radius 3 is 2.84 bits per heavy atom. The molecule has 2 rings (SSSR count). The maximum atomic E-state index is 5.83. The second-order valence-electron chi connectivity index (χ2n) is 4.02. The van der Waals surface area contributed by atoms with Gasteiger partial charge >= 0.3 is 0 Å². The van der Waals surface area contributed by atoms with Crippen LogP contribution in [0.3, 0.4) is 0 Å². The summed E-state index contributed by atoms with van der Waals surface area (Å²) in [5.74, 6) is 1.91. The lowest BCUT2D eigenvalue weighted by Gasteiger charge is -2.07. The van der Waals surface area contributed by atoms with Gasteiger partial charge in [-0.15, -0.1) is 11.6 Å². The van der Waals surface area contributed by atoms with Crippen molar-refractivity contribution in [2.45, 2.75) is 19.4 Å². The van der Waals surface area contributed by atoms with Gasteiger partial charge in [-0.1, -0.05) is 0 Å². The number of ether oxygens (including phenoxy) is 2. The average Bonchev–Trinajstić information content (AvgIpc) is 2.77. The van der Waals surface area contributed by atoms with Crippen LogP contribution in [0.1, 0.15) is 12.2 Å². The SMILES string of the molecule is COCCCn1c(CCCl)nc2c(OC)ncnc21. The summed E-state index contributed by atoms with van der Waals surface area (Å²) in [6, 6.07) is 0. The minimum absolute atomic E-state index is 0.492. The molecule has 6 nitrogen and oxygen atoms in total. The molecule has 0 N–H and O–H groups in total. The van der Waals surface area contributed by atoms with E-state index < -0.39 is 0 Å². The number of aromatic nitrogens is 4. The highest BCUT2D eigenvalue weighted by Gasteiger charge is 2.15. The van der Waals surface area contributed by atoms with Gasteiger partial charge in [-0.25, -0.2) is 9.97 Å². The molecule has 7 heteroatoms. The van der Waals surface area contributed by atoms with Crippen molar-refractivity contribution in [1.29, 1.82) is 0 Å². The number of halogens is 1. The van der Waals surface area contributed by atoms with Crippen LogP contribution in [-0.4, -0.2) is 46.2 Å². The Morgan fingerprint density at radius 2 is 2.16 bits per heavy atom. The van der Waals surface area contributed by atoms with E-state index in [2.05, 4.69) is 19.5 Å². The zero-order valence-electron chi connectivity index (χ0n) is 11.1. The van der Waals surface area contributed by atoms with Gasteiger partial charge in [0, 0.05) is 32.6 Å². The van der Waals surface area contributed by atoms with Crippen LogP contribution in [0.15, 0.2) is 6.33 Å². The third-order valence-electron chi connectivity index (χ3n) is 2.82. The molecule has 0 atom stereocenters. The molecule has 0 aromatic carbocycles. The Morgan fingerprint density at radius 1 is 1.32 bits per heavy atom. The largest absolute Gasteiger partial charge is 0.479 e. The van der Waals surface area contributed by atoms with Crippen LogP contribution in [0.4, 0.5) is 0 Å². The molecule has 2 heterocycles.